The van der Waals surface area contributed by atoms with Gasteiger partial charge >= 0.3 is 0 Å². The molecule has 2 aromatic carbocycles. The van der Waals surface area contributed by atoms with Gasteiger partial charge in [0.15, 0.2) is 5.78 Å². The molecule has 0 N–H and O–H groups in total. The van der Waals surface area contributed by atoms with Gasteiger partial charge in [0.1, 0.15) is 16.2 Å². The minimum atomic E-state index is 0.119. The number of ketones is 1. The minimum Gasteiger partial charge on any atom is -0.293 e. The first-order chi connectivity index (χ1) is 13.5. The van der Waals surface area contributed by atoms with Crippen LogP contribution in [-0.2, 0) is 0 Å². The van der Waals surface area contributed by atoms with Gasteiger partial charge < -0.3 is 0 Å². The van der Waals surface area contributed by atoms with Crippen LogP contribution < -0.4 is 0 Å². The number of aryl methyl sites for hydroxylation is 3. The number of carbonyl (C=O) groups excluding carboxylic acids is 1. The van der Waals surface area contributed by atoms with Gasteiger partial charge in [0, 0.05) is 16.0 Å². The van der Waals surface area contributed by atoms with Crippen molar-refractivity contribution in [2.45, 2.75) is 25.8 Å². The van der Waals surface area contributed by atoms with Crippen molar-refractivity contribution in [2.24, 2.45) is 0 Å². The molecule has 28 heavy (non-hydrogen) atoms. The highest BCUT2D eigenvalue weighted by Gasteiger charge is 2.18. The zero-order valence-corrected chi connectivity index (χ0v) is 17.7. The zero-order chi connectivity index (χ0) is 19.7. The van der Waals surface area contributed by atoms with Crippen molar-refractivity contribution >= 4 is 39.1 Å². The fourth-order valence-corrected chi connectivity index (χ4v) is 5.19. The Bertz CT molecular complexity index is 1170. The van der Waals surface area contributed by atoms with Crippen LogP contribution in [0.1, 0.15) is 26.4 Å². The normalized spacial score (nSPS) is 11.1. The Morgan fingerprint density at radius 2 is 1.79 bits per heavy atom. The van der Waals surface area contributed by atoms with Crippen LogP contribution in [0, 0.1) is 20.8 Å². The molecule has 0 saturated carbocycles. The van der Waals surface area contributed by atoms with Gasteiger partial charge in [-0.25, -0.2) is 9.97 Å². The second-order valence-electron chi connectivity index (χ2n) is 6.77. The van der Waals surface area contributed by atoms with Gasteiger partial charge in [0.05, 0.1) is 11.1 Å². The molecule has 0 aliphatic carbocycles. The second-order valence-corrected chi connectivity index (χ2v) is 8.94. The van der Waals surface area contributed by atoms with Crippen LogP contribution in [0.2, 0.25) is 0 Å². The molecule has 2 aromatic heterocycles. The SMILES string of the molecule is Cc1ccc(C(=O)CSc2ncnc3sc(C)c(-c4ccccc4)c23)cc1C. The van der Waals surface area contributed by atoms with Gasteiger partial charge in [-0.1, -0.05) is 54.2 Å². The average molecular weight is 405 g/mol. The molecule has 4 rings (SSSR count). The predicted molar refractivity (Wildman–Crippen MR) is 119 cm³/mol. The highest BCUT2D eigenvalue weighted by molar-refractivity contribution is 8.00. The summed E-state index contributed by atoms with van der Waals surface area (Å²) in [5.41, 5.74) is 5.42. The summed E-state index contributed by atoms with van der Waals surface area (Å²) in [4.78, 5) is 23.9. The van der Waals surface area contributed by atoms with Crippen molar-refractivity contribution < 1.29 is 4.79 Å². The number of thiophene rings is 1. The molecule has 0 aliphatic heterocycles. The Morgan fingerprint density at radius 1 is 1.00 bits per heavy atom. The summed E-state index contributed by atoms with van der Waals surface area (Å²) in [6.07, 6.45) is 1.59. The van der Waals surface area contributed by atoms with Gasteiger partial charge in [-0.3, -0.25) is 4.79 Å². The van der Waals surface area contributed by atoms with Crippen molar-refractivity contribution in [3.63, 3.8) is 0 Å². The maximum atomic E-state index is 12.7. The molecule has 5 heteroatoms. The number of thioether (sulfide) groups is 1. The molecule has 2 heterocycles. The van der Waals surface area contributed by atoms with Crippen molar-refractivity contribution in [3.8, 4) is 11.1 Å². The topological polar surface area (TPSA) is 42.9 Å². The standard InChI is InChI=1S/C23H20N2OS2/c1-14-9-10-18(11-15(14)2)19(26)12-27-22-21-20(17-7-5-4-6-8-17)16(3)28-23(21)25-13-24-22/h4-11,13H,12H2,1-3H3. The van der Waals surface area contributed by atoms with Crippen molar-refractivity contribution in [1.82, 2.24) is 9.97 Å². The highest BCUT2D eigenvalue weighted by atomic mass is 32.2. The number of benzene rings is 2. The summed E-state index contributed by atoms with van der Waals surface area (Å²) in [6.45, 7) is 6.21. The van der Waals surface area contributed by atoms with Gasteiger partial charge in [0.2, 0.25) is 0 Å². The van der Waals surface area contributed by atoms with E-state index in [4.69, 9.17) is 0 Å². The fraction of sp³-hybridized carbons (Fsp3) is 0.174. The molecule has 4 aromatic rings. The third-order valence-corrected chi connectivity index (χ3v) is 6.86. The van der Waals surface area contributed by atoms with E-state index in [9.17, 15) is 4.79 Å². The van der Waals surface area contributed by atoms with E-state index in [0.717, 1.165) is 31.9 Å². The predicted octanol–water partition coefficient (Wildman–Crippen LogP) is 6.26. The molecule has 0 amide bonds. The highest BCUT2D eigenvalue weighted by Crippen LogP contribution is 2.41. The van der Waals surface area contributed by atoms with E-state index in [1.807, 2.05) is 43.3 Å². The number of Topliss-reactive ketones (excluding diaryl/α,β-unsaturated/α-hetero) is 1. The van der Waals surface area contributed by atoms with Crippen LogP contribution in [0.3, 0.4) is 0 Å². The number of nitrogens with zero attached hydrogens (tertiary/aromatic N) is 2. The number of fused-ring (bicyclic) bond motifs is 1. The summed E-state index contributed by atoms with van der Waals surface area (Å²) in [5, 5.41) is 1.92. The number of hydrogen-bond acceptors (Lipinski definition) is 5. The number of carbonyl (C=O) groups is 1. The lowest BCUT2D eigenvalue weighted by Crippen LogP contribution is -2.03. The average Bonchev–Trinajstić information content (AvgIpc) is 3.05. The maximum Gasteiger partial charge on any atom is 0.173 e. The molecule has 0 bridgehead atoms. The summed E-state index contributed by atoms with van der Waals surface area (Å²) in [7, 11) is 0. The lowest BCUT2D eigenvalue weighted by molar-refractivity contribution is 0.102. The van der Waals surface area contributed by atoms with Gasteiger partial charge in [-0.2, -0.15) is 0 Å². The Morgan fingerprint density at radius 3 is 2.54 bits per heavy atom. The Hall–Kier alpha value is -2.50. The van der Waals surface area contributed by atoms with Gasteiger partial charge in [-0.05, 0) is 43.5 Å². The monoisotopic (exact) mass is 404 g/mol. The third-order valence-electron chi connectivity index (χ3n) is 4.86. The summed E-state index contributed by atoms with van der Waals surface area (Å²) in [6, 6.07) is 16.2. The zero-order valence-electron chi connectivity index (χ0n) is 16.0. The molecule has 3 nitrogen and oxygen atoms in total. The molecule has 0 aliphatic rings. The van der Waals surface area contributed by atoms with E-state index in [1.165, 1.54) is 27.8 Å². The summed E-state index contributed by atoms with van der Waals surface area (Å²) >= 11 is 3.16. The smallest absolute Gasteiger partial charge is 0.173 e. The maximum absolute atomic E-state index is 12.7. The molecule has 0 radical (unpaired) electrons. The Balaban J connectivity index is 1.67. The molecule has 0 unspecified atom stereocenters. The molecule has 0 saturated heterocycles. The first kappa shape index (κ1) is 18.8. The Labute approximate surface area is 172 Å². The van der Waals surface area contributed by atoms with Crippen LogP contribution >= 0.6 is 23.1 Å². The van der Waals surface area contributed by atoms with E-state index >= 15 is 0 Å². The first-order valence-electron chi connectivity index (χ1n) is 9.07. The van der Waals surface area contributed by atoms with Crippen LogP contribution in [-0.4, -0.2) is 21.5 Å². The Kier molecular flexibility index (Phi) is 5.29. The van der Waals surface area contributed by atoms with Crippen LogP contribution in [0.15, 0.2) is 59.9 Å². The lowest BCUT2D eigenvalue weighted by Gasteiger charge is -2.07. The van der Waals surface area contributed by atoms with Crippen molar-refractivity contribution in [1.29, 1.82) is 0 Å². The molecular weight excluding hydrogens is 384 g/mol. The summed E-state index contributed by atoms with van der Waals surface area (Å²) in [5.74, 6) is 0.477. The van der Waals surface area contributed by atoms with Crippen molar-refractivity contribution in [3.05, 3.63) is 76.4 Å². The van der Waals surface area contributed by atoms with Crippen LogP contribution in [0.5, 0.6) is 0 Å². The van der Waals surface area contributed by atoms with Crippen LogP contribution in [0.25, 0.3) is 21.3 Å². The van der Waals surface area contributed by atoms with E-state index in [0.29, 0.717) is 5.75 Å². The number of aromatic nitrogens is 2. The second kappa shape index (κ2) is 7.86. The van der Waals surface area contributed by atoms with E-state index in [1.54, 1.807) is 17.7 Å². The lowest BCUT2D eigenvalue weighted by atomic mass is 10.0. The number of hydrogen-bond donors (Lipinski definition) is 0. The van der Waals surface area contributed by atoms with Gasteiger partial charge in [0.25, 0.3) is 0 Å². The first-order valence-corrected chi connectivity index (χ1v) is 10.9. The van der Waals surface area contributed by atoms with Crippen molar-refractivity contribution in [2.75, 3.05) is 5.75 Å². The van der Waals surface area contributed by atoms with E-state index in [2.05, 4.69) is 35.9 Å². The minimum absolute atomic E-state index is 0.119. The molecule has 0 atom stereocenters. The molecular formula is C23H20N2OS2. The number of rotatable bonds is 5. The van der Waals surface area contributed by atoms with E-state index in [-0.39, 0.29) is 5.78 Å². The van der Waals surface area contributed by atoms with E-state index < -0.39 is 0 Å². The summed E-state index contributed by atoms with van der Waals surface area (Å²) < 4.78 is 0. The van der Waals surface area contributed by atoms with Gasteiger partial charge in [-0.15, -0.1) is 11.3 Å². The molecule has 140 valence electrons. The quantitative estimate of drug-likeness (QED) is 0.224. The largest absolute Gasteiger partial charge is 0.293 e. The third kappa shape index (κ3) is 3.60. The molecule has 0 fully saturated rings. The van der Waals surface area contributed by atoms with Crippen LogP contribution in [0.4, 0.5) is 0 Å². The molecule has 0 spiro atoms. The fourth-order valence-electron chi connectivity index (χ4n) is 3.21.